The van der Waals surface area contributed by atoms with Crippen LogP contribution in [-0.2, 0) is 4.79 Å². The lowest BCUT2D eigenvalue weighted by molar-refractivity contribution is -0.118. The Bertz CT molecular complexity index is 673. The second kappa shape index (κ2) is 5.25. The van der Waals surface area contributed by atoms with Crippen LogP contribution in [0.3, 0.4) is 0 Å². The minimum Gasteiger partial charge on any atom is -0.323 e. The number of carbonyl (C=O) groups is 1. The predicted molar refractivity (Wildman–Crippen MR) is 84.8 cm³/mol. The zero-order valence-electron chi connectivity index (χ0n) is 12.5. The number of para-hydroxylation sites is 1. The van der Waals surface area contributed by atoms with Crippen molar-refractivity contribution < 1.29 is 4.79 Å². The zero-order chi connectivity index (χ0) is 15.0. The predicted octanol–water partition coefficient (Wildman–Crippen LogP) is 2.20. The van der Waals surface area contributed by atoms with Crippen LogP contribution in [0.15, 0.2) is 42.7 Å². The number of anilines is 1. The van der Waals surface area contributed by atoms with Crippen LogP contribution in [0.4, 0.5) is 5.69 Å². The van der Waals surface area contributed by atoms with Crippen molar-refractivity contribution in [3.8, 4) is 5.69 Å². The van der Waals surface area contributed by atoms with Crippen LogP contribution in [0, 0.1) is 11.3 Å². The summed E-state index contributed by atoms with van der Waals surface area (Å²) in [6.07, 6.45) is 6.85. The number of rotatable bonds is 3. The Balaban J connectivity index is 1.42. The normalized spacial score (nSPS) is 22.5. The lowest BCUT2D eigenvalue weighted by Gasteiger charge is -2.23. The van der Waals surface area contributed by atoms with Crippen LogP contribution in [0.25, 0.3) is 5.69 Å². The molecule has 114 valence electrons. The second-order valence-electron chi connectivity index (χ2n) is 6.37. The third kappa shape index (κ3) is 2.41. The van der Waals surface area contributed by atoms with E-state index in [2.05, 4.69) is 15.7 Å². The van der Waals surface area contributed by atoms with Gasteiger partial charge in [-0.2, -0.15) is 5.10 Å². The molecular weight excluding hydrogens is 276 g/mol. The standard InChI is InChI=1S/C17H20N4O/c22-16(15-10-17(15)6-8-18-9-7-17)20-13-11-19-21(12-13)14-4-2-1-3-5-14/h1-5,11-12,15,18H,6-10H2,(H,20,22). The number of aromatic nitrogens is 2. The maximum absolute atomic E-state index is 12.4. The van der Waals surface area contributed by atoms with Crippen molar-refractivity contribution >= 4 is 11.6 Å². The molecule has 2 fully saturated rings. The number of benzene rings is 1. The fraction of sp³-hybridized carbons (Fsp3) is 0.412. The quantitative estimate of drug-likeness (QED) is 0.913. The van der Waals surface area contributed by atoms with E-state index in [1.54, 1.807) is 10.9 Å². The molecule has 1 amide bonds. The molecule has 1 spiro atoms. The highest BCUT2D eigenvalue weighted by molar-refractivity contribution is 5.94. The van der Waals surface area contributed by atoms with Gasteiger partial charge in [0.15, 0.2) is 0 Å². The molecule has 1 aromatic carbocycles. The summed E-state index contributed by atoms with van der Waals surface area (Å²) in [5.74, 6) is 0.323. The smallest absolute Gasteiger partial charge is 0.228 e. The molecule has 1 aromatic heterocycles. The molecule has 2 aliphatic rings. The Hall–Kier alpha value is -2.14. The average molecular weight is 296 g/mol. The molecule has 1 atom stereocenters. The molecule has 22 heavy (non-hydrogen) atoms. The SMILES string of the molecule is O=C(Nc1cnn(-c2ccccc2)c1)C1CC12CCNCC2. The van der Waals surface area contributed by atoms with Gasteiger partial charge in [0.05, 0.1) is 23.8 Å². The molecule has 4 rings (SSSR count). The van der Waals surface area contributed by atoms with E-state index in [0.717, 1.165) is 43.7 Å². The van der Waals surface area contributed by atoms with E-state index in [0.29, 0.717) is 0 Å². The Morgan fingerprint density at radius 1 is 1.27 bits per heavy atom. The van der Waals surface area contributed by atoms with E-state index < -0.39 is 0 Å². The highest BCUT2D eigenvalue weighted by Crippen LogP contribution is 2.58. The number of hydrogen-bond acceptors (Lipinski definition) is 3. The summed E-state index contributed by atoms with van der Waals surface area (Å²) in [4.78, 5) is 12.4. The summed E-state index contributed by atoms with van der Waals surface area (Å²) >= 11 is 0. The first-order chi connectivity index (χ1) is 10.8. The minimum atomic E-state index is 0.148. The molecule has 0 radical (unpaired) electrons. The zero-order valence-corrected chi connectivity index (χ0v) is 12.5. The van der Waals surface area contributed by atoms with Crippen molar-refractivity contribution in [3.63, 3.8) is 0 Å². The molecule has 1 unspecified atom stereocenters. The fourth-order valence-corrected chi connectivity index (χ4v) is 3.53. The molecule has 2 N–H and O–H groups in total. The van der Waals surface area contributed by atoms with E-state index in [-0.39, 0.29) is 17.2 Å². The van der Waals surface area contributed by atoms with Crippen molar-refractivity contribution in [1.29, 1.82) is 0 Å². The maximum Gasteiger partial charge on any atom is 0.228 e. The van der Waals surface area contributed by atoms with E-state index in [1.165, 1.54) is 0 Å². The summed E-state index contributed by atoms with van der Waals surface area (Å²) in [5.41, 5.74) is 2.03. The molecule has 5 nitrogen and oxygen atoms in total. The number of amides is 1. The summed E-state index contributed by atoms with van der Waals surface area (Å²) < 4.78 is 1.78. The first-order valence-corrected chi connectivity index (χ1v) is 7.89. The third-order valence-electron chi connectivity index (χ3n) is 4.98. The Morgan fingerprint density at radius 3 is 2.82 bits per heavy atom. The third-order valence-corrected chi connectivity index (χ3v) is 4.98. The highest BCUT2D eigenvalue weighted by Gasteiger charge is 2.57. The van der Waals surface area contributed by atoms with E-state index in [4.69, 9.17) is 0 Å². The second-order valence-corrected chi connectivity index (χ2v) is 6.37. The van der Waals surface area contributed by atoms with Crippen LogP contribution in [0.2, 0.25) is 0 Å². The van der Waals surface area contributed by atoms with Crippen LogP contribution in [0.1, 0.15) is 19.3 Å². The molecule has 1 aliphatic heterocycles. The summed E-state index contributed by atoms with van der Waals surface area (Å²) in [7, 11) is 0. The minimum absolute atomic E-state index is 0.148. The summed E-state index contributed by atoms with van der Waals surface area (Å²) in [6, 6.07) is 9.90. The number of nitrogens with one attached hydrogen (secondary N) is 2. The van der Waals surface area contributed by atoms with Crippen molar-refractivity contribution in [3.05, 3.63) is 42.7 Å². The molecule has 5 heteroatoms. The maximum atomic E-state index is 12.4. The topological polar surface area (TPSA) is 59.0 Å². The molecule has 1 aliphatic carbocycles. The number of carbonyl (C=O) groups excluding carboxylic acids is 1. The van der Waals surface area contributed by atoms with E-state index in [9.17, 15) is 4.79 Å². The molecule has 1 saturated carbocycles. The van der Waals surface area contributed by atoms with Crippen molar-refractivity contribution in [2.45, 2.75) is 19.3 Å². The number of nitrogens with zero attached hydrogens (tertiary/aromatic N) is 2. The van der Waals surface area contributed by atoms with Gasteiger partial charge in [-0.3, -0.25) is 4.79 Å². The van der Waals surface area contributed by atoms with Crippen molar-refractivity contribution in [2.24, 2.45) is 11.3 Å². The molecule has 2 heterocycles. The molecule has 2 aromatic rings. The van der Waals surface area contributed by atoms with Gasteiger partial charge in [-0.15, -0.1) is 0 Å². The lowest BCUT2D eigenvalue weighted by Crippen LogP contribution is -2.31. The first-order valence-electron chi connectivity index (χ1n) is 7.89. The summed E-state index contributed by atoms with van der Waals surface area (Å²) in [5, 5.41) is 10.7. The van der Waals surface area contributed by atoms with Gasteiger partial charge in [-0.05, 0) is 49.9 Å². The van der Waals surface area contributed by atoms with Crippen molar-refractivity contribution in [1.82, 2.24) is 15.1 Å². The van der Waals surface area contributed by atoms with Crippen LogP contribution in [-0.4, -0.2) is 28.8 Å². The Morgan fingerprint density at radius 2 is 2.05 bits per heavy atom. The highest BCUT2D eigenvalue weighted by atomic mass is 16.2. The average Bonchev–Trinajstić information content (AvgIpc) is 3.04. The fourth-order valence-electron chi connectivity index (χ4n) is 3.53. The van der Waals surface area contributed by atoms with Gasteiger partial charge < -0.3 is 10.6 Å². The molecule has 1 saturated heterocycles. The van der Waals surface area contributed by atoms with Gasteiger partial charge in [0, 0.05) is 5.92 Å². The molecular formula is C17H20N4O. The first kappa shape index (κ1) is 13.5. The van der Waals surface area contributed by atoms with Gasteiger partial charge in [-0.1, -0.05) is 18.2 Å². The van der Waals surface area contributed by atoms with Crippen LogP contribution >= 0.6 is 0 Å². The van der Waals surface area contributed by atoms with Gasteiger partial charge in [0.2, 0.25) is 5.91 Å². The van der Waals surface area contributed by atoms with Crippen LogP contribution in [0.5, 0.6) is 0 Å². The van der Waals surface area contributed by atoms with Gasteiger partial charge >= 0.3 is 0 Å². The Kier molecular flexibility index (Phi) is 3.22. The largest absolute Gasteiger partial charge is 0.323 e. The monoisotopic (exact) mass is 296 g/mol. The van der Waals surface area contributed by atoms with Crippen molar-refractivity contribution in [2.75, 3.05) is 18.4 Å². The van der Waals surface area contributed by atoms with Gasteiger partial charge in [0.25, 0.3) is 0 Å². The lowest BCUT2D eigenvalue weighted by atomic mass is 9.92. The number of hydrogen-bond donors (Lipinski definition) is 2. The van der Waals surface area contributed by atoms with Gasteiger partial charge in [-0.25, -0.2) is 4.68 Å². The van der Waals surface area contributed by atoms with E-state index in [1.807, 2.05) is 36.5 Å². The van der Waals surface area contributed by atoms with Crippen LogP contribution < -0.4 is 10.6 Å². The summed E-state index contributed by atoms with van der Waals surface area (Å²) in [6.45, 7) is 2.07. The molecule has 0 bridgehead atoms. The van der Waals surface area contributed by atoms with Gasteiger partial charge in [0.1, 0.15) is 0 Å². The number of piperidine rings is 1. The van der Waals surface area contributed by atoms with E-state index >= 15 is 0 Å². The Labute approximate surface area is 129 Å².